The normalized spacial score (nSPS) is 11.8. The lowest BCUT2D eigenvalue weighted by Crippen LogP contribution is -2.18. The molecule has 0 radical (unpaired) electrons. The number of rotatable bonds is 1. The maximum atomic E-state index is 11.8. The number of carbonyl (C=O) groups is 1. The van der Waals surface area contributed by atoms with E-state index in [1.54, 1.807) is 11.3 Å². The number of aryl methyl sites for hydroxylation is 2. The van der Waals surface area contributed by atoms with Crippen molar-refractivity contribution < 1.29 is 4.79 Å². The Bertz CT molecular complexity index is 309. The van der Waals surface area contributed by atoms with E-state index in [2.05, 4.69) is 6.92 Å². The lowest BCUT2D eigenvalue weighted by molar-refractivity contribution is 0.0862. The second kappa shape index (κ2) is 3.26. The summed E-state index contributed by atoms with van der Waals surface area (Å²) < 4.78 is 0. The van der Waals surface area contributed by atoms with Crippen LogP contribution in [-0.2, 0) is 0 Å². The van der Waals surface area contributed by atoms with Crippen LogP contribution in [-0.4, -0.2) is 5.78 Å². The summed E-state index contributed by atoms with van der Waals surface area (Å²) in [6.45, 7) is 9.98. The first kappa shape index (κ1) is 10.5. The van der Waals surface area contributed by atoms with E-state index in [0.717, 1.165) is 4.88 Å². The fourth-order valence-corrected chi connectivity index (χ4v) is 2.24. The molecule has 1 aromatic rings. The van der Waals surface area contributed by atoms with E-state index >= 15 is 0 Å². The Hall–Kier alpha value is -0.630. The van der Waals surface area contributed by atoms with Gasteiger partial charge in [-0.25, -0.2) is 0 Å². The van der Waals surface area contributed by atoms with Gasteiger partial charge >= 0.3 is 0 Å². The highest BCUT2D eigenvalue weighted by Crippen LogP contribution is 2.27. The Morgan fingerprint density at radius 3 is 2.15 bits per heavy atom. The molecule has 0 saturated heterocycles. The number of Topliss-reactive ketones (excluding diaryl/α,β-unsaturated/α-hetero) is 1. The summed E-state index contributed by atoms with van der Waals surface area (Å²) in [4.78, 5) is 14.0. The molecule has 1 heterocycles. The molecule has 0 spiro atoms. The van der Waals surface area contributed by atoms with E-state index < -0.39 is 0 Å². The molecule has 0 N–H and O–H groups in total. The summed E-state index contributed by atoms with van der Waals surface area (Å²) in [5.41, 5.74) is 0.960. The van der Waals surface area contributed by atoms with Crippen molar-refractivity contribution in [2.45, 2.75) is 34.6 Å². The Morgan fingerprint density at radius 2 is 1.85 bits per heavy atom. The highest BCUT2D eigenvalue weighted by Gasteiger charge is 2.24. The molecule has 0 aliphatic carbocycles. The van der Waals surface area contributed by atoms with Crippen LogP contribution in [0, 0.1) is 19.3 Å². The maximum Gasteiger partial charge on any atom is 0.178 e. The van der Waals surface area contributed by atoms with Gasteiger partial charge in [0.1, 0.15) is 0 Å². The van der Waals surface area contributed by atoms with Crippen molar-refractivity contribution in [3.05, 3.63) is 21.4 Å². The number of hydrogen-bond donors (Lipinski definition) is 0. The fraction of sp³-hybridized carbons (Fsp3) is 0.545. The summed E-state index contributed by atoms with van der Waals surface area (Å²) in [5.74, 6) is 0.244. The zero-order valence-corrected chi connectivity index (χ0v) is 9.71. The Balaban J connectivity index is 3.03. The minimum absolute atomic E-state index is 0.244. The predicted octanol–water partition coefficient (Wildman–Crippen LogP) is 3.59. The Labute approximate surface area is 83.8 Å². The van der Waals surface area contributed by atoms with Gasteiger partial charge in [0.15, 0.2) is 5.78 Å². The zero-order chi connectivity index (χ0) is 10.2. The molecule has 0 atom stereocenters. The quantitative estimate of drug-likeness (QED) is 0.627. The third kappa shape index (κ3) is 2.19. The molecular formula is C11H16OS. The van der Waals surface area contributed by atoms with Crippen molar-refractivity contribution in [2.75, 3.05) is 0 Å². The first-order valence-corrected chi connectivity index (χ1v) is 5.26. The predicted molar refractivity (Wildman–Crippen MR) is 57.6 cm³/mol. The van der Waals surface area contributed by atoms with Gasteiger partial charge in [-0.05, 0) is 25.5 Å². The lowest BCUT2D eigenvalue weighted by Gasteiger charge is -2.14. The molecule has 0 aromatic carbocycles. The van der Waals surface area contributed by atoms with Crippen molar-refractivity contribution in [1.82, 2.24) is 0 Å². The molecule has 0 saturated carbocycles. The van der Waals surface area contributed by atoms with E-state index in [4.69, 9.17) is 0 Å². The van der Waals surface area contributed by atoms with Gasteiger partial charge in [-0.15, -0.1) is 11.3 Å². The number of hydrogen-bond acceptors (Lipinski definition) is 2. The first-order chi connectivity index (χ1) is 5.82. The summed E-state index contributed by atoms with van der Waals surface area (Å²) >= 11 is 1.60. The molecule has 0 unspecified atom stereocenters. The average Bonchev–Trinajstić information content (AvgIpc) is 2.29. The van der Waals surface area contributed by atoms with Gasteiger partial charge in [0, 0.05) is 10.3 Å². The van der Waals surface area contributed by atoms with Crippen LogP contribution in [0.15, 0.2) is 6.07 Å². The topological polar surface area (TPSA) is 17.1 Å². The van der Waals surface area contributed by atoms with Crippen LogP contribution in [0.5, 0.6) is 0 Å². The molecule has 72 valence electrons. The van der Waals surface area contributed by atoms with Crippen molar-refractivity contribution in [3.8, 4) is 0 Å². The minimum Gasteiger partial charge on any atom is -0.293 e. The van der Waals surface area contributed by atoms with Gasteiger partial charge in [-0.1, -0.05) is 20.8 Å². The van der Waals surface area contributed by atoms with Crippen LogP contribution >= 0.6 is 11.3 Å². The second-order valence-corrected chi connectivity index (χ2v) is 5.69. The van der Waals surface area contributed by atoms with E-state index in [0.29, 0.717) is 0 Å². The van der Waals surface area contributed by atoms with Gasteiger partial charge in [-0.2, -0.15) is 0 Å². The van der Waals surface area contributed by atoms with E-state index in [1.807, 2.05) is 33.8 Å². The number of thiophene rings is 1. The van der Waals surface area contributed by atoms with Gasteiger partial charge < -0.3 is 0 Å². The molecular weight excluding hydrogens is 180 g/mol. The molecule has 1 aromatic heterocycles. The largest absolute Gasteiger partial charge is 0.293 e. The molecule has 0 fully saturated rings. The van der Waals surface area contributed by atoms with Gasteiger partial charge in [0.25, 0.3) is 0 Å². The molecule has 0 aliphatic heterocycles. The third-order valence-corrected chi connectivity index (χ3v) is 3.22. The van der Waals surface area contributed by atoms with Crippen molar-refractivity contribution in [3.63, 3.8) is 0 Å². The fourth-order valence-electron chi connectivity index (χ4n) is 1.05. The first-order valence-electron chi connectivity index (χ1n) is 4.44. The average molecular weight is 196 g/mol. The molecule has 0 bridgehead atoms. The van der Waals surface area contributed by atoms with E-state index in [1.165, 1.54) is 10.4 Å². The smallest absolute Gasteiger partial charge is 0.178 e. The molecule has 2 heteroatoms. The molecule has 13 heavy (non-hydrogen) atoms. The summed E-state index contributed by atoms with van der Waals surface area (Å²) in [5, 5.41) is 0. The maximum absolute atomic E-state index is 11.8. The van der Waals surface area contributed by atoms with Crippen LogP contribution in [0.3, 0.4) is 0 Å². The van der Waals surface area contributed by atoms with Gasteiger partial charge in [0.05, 0.1) is 4.88 Å². The highest BCUT2D eigenvalue weighted by atomic mass is 32.1. The van der Waals surface area contributed by atoms with Crippen LogP contribution in [0.2, 0.25) is 0 Å². The van der Waals surface area contributed by atoms with Crippen molar-refractivity contribution in [2.24, 2.45) is 5.41 Å². The monoisotopic (exact) mass is 196 g/mol. The summed E-state index contributed by atoms with van der Waals surface area (Å²) in [6, 6.07) is 1.99. The number of carbonyl (C=O) groups excluding carboxylic acids is 1. The summed E-state index contributed by atoms with van der Waals surface area (Å²) in [7, 11) is 0. The molecule has 0 amide bonds. The Morgan fingerprint density at radius 1 is 1.31 bits per heavy atom. The highest BCUT2D eigenvalue weighted by molar-refractivity contribution is 7.14. The van der Waals surface area contributed by atoms with Crippen LogP contribution in [0.1, 0.15) is 40.9 Å². The van der Waals surface area contributed by atoms with Crippen LogP contribution < -0.4 is 0 Å². The number of ketones is 1. The van der Waals surface area contributed by atoms with Crippen LogP contribution in [0.25, 0.3) is 0 Å². The van der Waals surface area contributed by atoms with E-state index in [9.17, 15) is 4.79 Å². The molecule has 1 rings (SSSR count). The van der Waals surface area contributed by atoms with E-state index in [-0.39, 0.29) is 11.2 Å². The Kier molecular flexibility index (Phi) is 2.62. The lowest BCUT2D eigenvalue weighted by atomic mass is 9.90. The zero-order valence-electron chi connectivity index (χ0n) is 8.89. The van der Waals surface area contributed by atoms with Gasteiger partial charge in [0.2, 0.25) is 0 Å². The van der Waals surface area contributed by atoms with Crippen molar-refractivity contribution in [1.29, 1.82) is 0 Å². The summed E-state index contributed by atoms with van der Waals surface area (Å²) in [6.07, 6.45) is 0. The standard InChI is InChI=1S/C11H16OS/c1-7-6-9(13-8(7)2)10(12)11(3,4)5/h6H,1-5H3. The molecule has 1 nitrogen and oxygen atoms in total. The SMILES string of the molecule is Cc1cc(C(=O)C(C)(C)C)sc1C. The third-order valence-electron chi connectivity index (χ3n) is 2.07. The second-order valence-electron chi connectivity index (χ2n) is 4.43. The van der Waals surface area contributed by atoms with Gasteiger partial charge in [-0.3, -0.25) is 4.79 Å². The minimum atomic E-state index is -0.260. The van der Waals surface area contributed by atoms with Crippen LogP contribution in [0.4, 0.5) is 0 Å². The molecule has 0 aliphatic rings. The van der Waals surface area contributed by atoms with Crippen molar-refractivity contribution >= 4 is 17.1 Å².